The third-order valence-electron chi connectivity index (χ3n) is 5.50. The van der Waals surface area contributed by atoms with Gasteiger partial charge in [0.15, 0.2) is 0 Å². The average Bonchev–Trinajstić information content (AvgIpc) is 2.34. The second-order valence-corrected chi connectivity index (χ2v) is 12.6. The molecule has 0 radical (unpaired) electrons. The molecule has 0 aromatic heterocycles. The van der Waals surface area contributed by atoms with Gasteiger partial charge in [-0.2, -0.15) is 0 Å². The fourth-order valence-electron chi connectivity index (χ4n) is 5.28. The molecule has 1 aromatic rings. The number of nitrogens with zero attached hydrogens (tertiary/aromatic N) is 1. The zero-order valence-corrected chi connectivity index (χ0v) is 16.2. The van der Waals surface area contributed by atoms with Crippen molar-refractivity contribution in [1.29, 1.82) is 0 Å². The van der Waals surface area contributed by atoms with E-state index in [1.807, 2.05) is 0 Å². The van der Waals surface area contributed by atoms with Gasteiger partial charge in [-0.15, -0.1) is 0 Å². The van der Waals surface area contributed by atoms with Crippen LogP contribution in [0.1, 0.15) is 60.8 Å². The summed E-state index contributed by atoms with van der Waals surface area (Å²) in [5, 5.41) is 1.55. The summed E-state index contributed by atoms with van der Waals surface area (Å²) in [5.74, 6) is 0. The van der Waals surface area contributed by atoms with Crippen LogP contribution in [-0.2, 0) is 0 Å². The minimum absolute atomic E-state index is 0.150. The Balaban J connectivity index is 2.08. The van der Waals surface area contributed by atoms with Gasteiger partial charge in [-0.1, -0.05) is 30.3 Å². The van der Waals surface area contributed by atoms with Crippen molar-refractivity contribution in [1.82, 2.24) is 9.55 Å². The van der Waals surface area contributed by atoms with Gasteiger partial charge in [0, 0.05) is 16.6 Å². The second kappa shape index (κ2) is 4.92. The average molecular weight is 317 g/mol. The number of nitrogens with one attached hydrogen (secondary N) is 1. The Morgan fingerprint density at radius 2 is 1.68 bits per heavy atom. The zero-order valence-electron chi connectivity index (χ0n) is 15.2. The Hall–Kier alpha value is -0.643. The fraction of sp³-hybridized carbons (Fsp3) is 0.684. The summed E-state index contributed by atoms with van der Waals surface area (Å²) in [6.07, 6.45) is 4.04. The van der Waals surface area contributed by atoms with E-state index in [-0.39, 0.29) is 5.54 Å². The second-order valence-electron chi connectivity index (χ2n) is 9.28. The van der Waals surface area contributed by atoms with Gasteiger partial charge in [0.05, 0.1) is 0 Å². The van der Waals surface area contributed by atoms with E-state index in [1.165, 1.54) is 25.3 Å². The molecule has 0 amide bonds. The van der Waals surface area contributed by atoms with Crippen LogP contribution in [0.3, 0.4) is 0 Å². The summed E-state index contributed by atoms with van der Waals surface area (Å²) >= 11 is 0. The SMILES string of the molecule is CC(C)(C)N[Si]1(c2ccccc2)CC2(C)CCCC(C)(C)N21. The highest BCUT2D eigenvalue weighted by Crippen LogP contribution is 2.53. The van der Waals surface area contributed by atoms with E-state index in [0.29, 0.717) is 11.1 Å². The van der Waals surface area contributed by atoms with Crippen LogP contribution in [0.2, 0.25) is 6.04 Å². The molecule has 2 saturated heterocycles. The van der Waals surface area contributed by atoms with Gasteiger partial charge in [-0.25, -0.2) is 0 Å². The maximum Gasteiger partial charge on any atom is 0.240 e. The minimum Gasteiger partial charge on any atom is -0.317 e. The van der Waals surface area contributed by atoms with Crippen molar-refractivity contribution in [2.75, 3.05) is 0 Å². The Morgan fingerprint density at radius 3 is 2.23 bits per heavy atom. The summed E-state index contributed by atoms with van der Waals surface area (Å²) in [6.45, 7) is 14.4. The first-order valence-electron chi connectivity index (χ1n) is 8.75. The maximum atomic E-state index is 4.13. The Labute approximate surface area is 137 Å². The summed E-state index contributed by atoms with van der Waals surface area (Å²) in [6, 6.07) is 12.6. The maximum absolute atomic E-state index is 4.13. The van der Waals surface area contributed by atoms with Gasteiger partial charge in [0.25, 0.3) is 0 Å². The van der Waals surface area contributed by atoms with Crippen molar-refractivity contribution in [2.24, 2.45) is 0 Å². The highest BCUT2D eigenvalue weighted by atomic mass is 28.3. The van der Waals surface area contributed by atoms with Crippen molar-refractivity contribution < 1.29 is 0 Å². The van der Waals surface area contributed by atoms with E-state index >= 15 is 0 Å². The van der Waals surface area contributed by atoms with E-state index < -0.39 is 8.40 Å². The van der Waals surface area contributed by atoms with Gasteiger partial charge in [0.2, 0.25) is 8.40 Å². The zero-order chi connectivity index (χ0) is 16.2. The molecule has 2 unspecified atom stereocenters. The molecule has 2 aliphatic heterocycles. The number of fused-ring (bicyclic) bond motifs is 1. The van der Waals surface area contributed by atoms with Crippen LogP contribution >= 0.6 is 0 Å². The first kappa shape index (κ1) is 16.2. The lowest BCUT2D eigenvalue weighted by atomic mass is 9.82. The first-order valence-corrected chi connectivity index (χ1v) is 10.9. The summed E-state index contributed by atoms with van der Waals surface area (Å²) in [4.78, 5) is 4.13. The van der Waals surface area contributed by atoms with Crippen LogP contribution in [0.25, 0.3) is 0 Å². The van der Waals surface area contributed by atoms with Crippen LogP contribution in [0.15, 0.2) is 30.3 Å². The van der Waals surface area contributed by atoms with E-state index in [1.54, 1.807) is 5.19 Å². The van der Waals surface area contributed by atoms with Gasteiger partial charge in [0.1, 0.15) is 0 Å². The molecular formula is C19H32N2Si. The van der Waals surface area contributed by atoms with Crippen molar-refractivity contribution in [2.45, 2.75) is 83.5 Å². The van der Waals surface area contributed by atoms with E-state index in [2.05, 4.69) is 81.4 Å². The third-order valence-corrected chi connectivity index (χ3v) is 11.1. The van der Waals surface area contributed by atoms with Crippen LogP contribution in [0, 0.1) is 0 Å². The minimum atomic E-state index is -1.84. The number of piperidine rings is 1. The molecule has 0 bridgehead atoms. The van der Waals surface area contributed by atoms with Crippen LogP contribution < -0.4 is 10.2 Å². The predicted octanol–water partition coefficient (Wildman–Crippen LogP) is 3.76. The van der Waals surface area contributed by atoms with Gasteiger partial charge in [-0.05, 0) is 72.0 Å². The molecule has 2 aliphatic rings. The lowest BCUT2D eigenvalue weighted by Gasteiger charge is -2.72. The molecule has 2 heterocycles. The molecule has 2 fully saturated rings. The lowest BCUT2D eigenvalue weighted by Crippen LogP contribution is -2.92. The molecule has 0 saturated carbocycles. The normalized spacial score (nSPS) is 34.8. The monoisotopic (exact) mass is 316 g/mol. The van der Waals surface area contributed by atoms with Gasteiger partial charge >= 0.3 is 0 Å². The number of hydrogen-bond donors (Lipinski definition) is 1. The molecule has 3 heteroatoms. The quantitative estimate of drug-likeness (QED) is 0.836. The van der Waals surface area contributed by atoms with E-state index in [9.17, 15) is 0 Å². The van der Waals surface area contributed by atoms with Crippen molar-refractivity contribution in [3.63, 3.8) is 0 Å². The fourth-order valence-corrected chi connectivity index (χ4v) is 11.7. The van der Waals surface area contributed by atoms with Crippen LogP contribution in [-0.4, -0.2) is 29.6 Å². The molecule has 1 aromatic carbocycles. The first-order chi connectivity index (χ1) is 10.1. The van der Waals surface area contributed by atoms with E-state index in [0.717, 1.165) is 0 Å². The Bertz CT molecular complexity index is 537. The lowest BCUT2D eigenvalue weighted by molar-refractivity contribution is 0.000933. The van der Waals surface area contributed by atoms with Gasteiger partial charge < -0.3 is 4.98 Å². The number of benzene rings is 1. The summed E-state index contributed by atoms with van der Waals surface area (Å²) in [5.41, 5.74) is 0.838. The number of rotatable bonds is 2. The molecule has 0 spiro atoms. The number of hydrogen-bond acceptors (Lipinski definition) is 2. The van der Waals surface area contributed by atoms with Crippen molar-refractivity contribution >= 4 is 13.6 Å². The van der Waals surface area contributed by atoms with Crippen molar-refractivity contribution in [3.05, 3.63) is 30.3 Å². The summed E-state index contributed by atoms with van der Waals surface area (Å²) in [7, 11) is -1.84. The molecular weight excluding hydrogens is 284 g/mol. The van der Waals surface area contributed by atoms with Crippen LogP contribution in [0.4, 0.5) is 0 Å². The molecule has 2 nitrogen and oxygen atoms in total. The smallest absolute Gasteiger partial charge is 0.240 e. The molecule has 2 atom stereocenters. The Kier molecular flexibility index (Phi) is 3.63. The largest absolute Gasteiger partial charge is 0.317 e. The molecule has 3 rings (SSSR count). The van der Waals surface area contributed by atoms with Crippen molar-refractivity contribution in [3.8, 4) is 0 Å². The topological polar surface area (TPSA) is 15.3 Å². The van der Waals surface area contributed by atoms with E-state index in [4.69, 9.17) is 0 Å². The highest BCUT2D eigenvalue weighted by Gasteiger charge is 2.67. The predicted molar refractivity (Wildman–Crippen MR) is 97.7 cm³/mol. The van der Waals surface area contributed by atoms with Gasteiger partial charge in [-0.3, -0.25) is 4.57 Å². The molecule has 1 N–H and O–H groups in total. The Morgan fingerprint density at radius 1 is 1.05 bits per heavy atom. The standard InChI is InChI=1S/C19H32N2Si/c1-17(2,3)20-22(16-11-8-7-9-12-16)15-19(6)14-10-13-18(4,5)21(19)22/h7-9,11-12,20H,10,13-15H2,1-6H3. The summed E-state index contributed by atoms with van der Waals surface area (Å²) < 4.78 is 2.93. The molecule has 0 aliphatic carbocycles. The molecule has 122 valence electrons. The molecule has 22 heavy (non-hydrogen) atoms. The van der Waals surface area contributed by atoms with Crippen LogP contribution in [0.5, 0.6) is 0 Å². The highest BCUT2D eigenvalue weighted by molar-refractivity contribution is 6.90. The third kappa shape index (κ3) is 2.47.